The van der Waals surface area contributed by atoms with Crippen LogP contribution in [0.2, 0.25) is 0 Å². The van der Waals surface area contributed by atoms with Gasteiger partial charge in [0.1, 0.15) is 0 Å². The van der Waals surface area contributed by atoms with Gasteiger partial charge in [-0.2, -0.15) is 0 Å². The van der Waals surface area contributed by atoms with E-state index in [4.69, 9.17) is 5.73 Å². The van der Waals surface area contributed by atoms with E-state index in [1.807, 2.05) is 6.92 Å². The monoisotopic (exact) mass is 368 g/mol. The third-order valence-electron chi connectivity index (χ3n) is 5.00. The summed E-state index contributed by atoms with van der Waals surface area (Å²) in [4.78, 5) is 16.8. The average molecular weight is 369 g/mol. The lowest BCUT2D eigenvalue weighted by molar-refractivity contribution is -0.123. The van der Waals surface area contributed by atoms with E-state index in [0.717, 1.165) is 45.6 Å². The van der Waals surface area contributed by atoms with Crippen LogP contribution in [0.5, 0.6) is 0 Å². The zero-order valence-corrected chi connectivity index (χ0v) is 16.3. The molecule has 0 radical (unpaired) electrons. The predicted octanol–water partition coefficient (Wildman–Crippen LogP) is 2.11. The number of nitrogens with two attached hydrogens (primary N) is 1. The second-order valence-corrected chi connectivity index (χ2v) is 6.72. The van der Waals surface area contributed by atoms with E-state index in [0.29, 0.717) is 6.54 Å². The van der Waals surface area contributed by atoms with E-state index in [2.05, 4.69) is 52.4 Å². The molecule has 0 bridgehead atoms. The van der Waals surface area contributed by atoms with E-state index in [9.17, 15) is 4.79 Å². The lowest BCUT2D eigenvalue weighted by Gasteiger charge is -2.36. The number of hydrogen-bond acceptors (Lipinski definition) is 4. The van der Waals surface area contributed by atoms with Gasteiger partial charge >= 0.3 is 0 Å². The minimum Gasteiger partial charge on any atom is -0.369 e. The summed E-state index contributed by atoms with van der Waals surface area (Å²) in [5.41, 5.74) is 7.25. The molecule has 5 nitrogen and oxygen atoms in total. The maximum absolute atomic E-state index is 11.9. The van der Waals surface area contributed by atoms with Crippen molar-refractivity contribution in [1.82, 2.24) is 10.2 Å². The molecule has 25 heavy (non-hydrogen) atoms. The third-order valence-corrected chi connectivity index (χ3v) is 5.00. The zero-order valence-electron chi connectivity index (χ0n) is 15.5. The molecule has 1 aliphatic heterocycles. The molecular formula is C19H33ClN4O. The Morgan fingerprint density at radius 3 is 2.44 bits per heavy atom. The van der Waals surface area contributed by atoms with Gasteiger partial charge in [-0.1, -0.05) is 38.5 Å². The van der Waals surface area contributed by atoms with Crippen LogP contribution in [0.15, 0.2) is 30.3 Å². The van der Waals surface area contributed by atoms with E-state index in [1.54, 1.807) is 0 Å². The van der Waals surface area contributed by atoms with Crippen LogP contribution in [-0.4, -0.2) is 56.1 Å². The van der Waals surface area contributed by atoms with Gasteiger partial charge in [-0.05, 0) is 31.0 Å². The van der Waals surface area contributed by atoms with Gasteiger partial charge in [0.2, 0.25) is 5.91 Å². The molecule has 1 aliphatic rings. The molecule has 1 fully saturated rings. The Labute approximate surface area is 158 Å². The molecule has 0 aliphatic carbocycles. The fourth-order valence-corrected chi connectivity index (χ4v) is 3.01. The smallest absolute Gasteiger partial charge is 0.237 e. The van der Waals surface area contributed by atoms with Crippen molar-refractivity contribution < 1.29 is 4.79 Å². The molecule has 6 heteroatoms. The third kappa shape index (κ3) is 6.84. The van der Waals surface area contributed by atoms with Crippen LogP contribution in [-0.2, 0) is 4.79 Å². The number of halogens is 1. The summed E-state index contributed by atoms with van der Waals surface area (Å²) in [6, 6.07) is 10.2. The second-order valence-electron chi connectivity index (χ2n) is 6.72. The Morgan fingerprint density at radius 1 is 1.20 bits per heavy atom. The van der Waals surface area contributed by atoms with Crippen LogP contribution < -0.4 is 16.0 Å². The minimum atomic E-state index is -0.385. The highest BCUT2D eigenvalue weighted by molar-refractivity contribution is 5.85. The van der Waals surface area contributed by atoms with Crippen LogP contribution >= 0.6 is 12.4 Å². The first kappa shape index (κ1) is 21.7. The Hall–Kier alpha value is -1.30. The SMILES string of the molecule is CCC(C)C(N)C(=O)NCCCN1CCN(c2ccccc2)CC1.Cl. The quantitative estimate of drug-likeness (QED) is 0.690. The lowest BCUT2D eigenvalue weighted by Crippen LogP contribution is -2.48. The number of para-hydroxylation sites is 1. The largest absolute Gasteiger partial charge is 0.369 e. The molecule has 0 spiro atoms. The van der Waals surface area contributed by atoms with Crippen LogP contribution in [0.1, 0.15) is 26.7 Å². The van der Waals surface area contributed by atoms with E-state index < -0.39 is 0 Å². The highest BCUT2D eigenvalue weighted by atomic mass is 35.5. The maximum atomic E-state index is 11.9. The first-order valence-electron chi connectivity index (χ1n) is 9.17. The summed E-state index contributed by atoms with van der Waals surface area (Å²) >= 11 is 0. The summed E-state index contributed by atoms with van der Waals surface area (Å²) < 4.78 is 0. The van der Waals surface area contributed by atoms with Crippen molar-refractivity contribution >= 4 is 24.0 Å². The summed E-state index contributed by atoms with van der Waals surface area (Å²) in [6.07, 6.45) is 1.91. The van der Waals surface area contributed by atoms with Crippen molar-refractivity contribution in [2.24, 2.45) is 11.7 Å². The second kappa shape index (κ2) is 11.3. The number of hydrogen-bond donors (Lipinski definition) is 2. The number of carbonyl (C=O) groups is 1. The Morgan fingerprint density at radius 2 is 1.84 bits per heavy atom. The zero-order chi connectivity index (χ0) is 17.4. The molecule has 3 N–H and O–H groups in total. The number of nitrogens with zero attached hydrogens (tertiary/aromatic N) is 2. The fraction of sp³-hybridized carbons (Fsp3) is 0.632. The summed E-state index contributed by atoms with van der Waals surface area (Å²) in [6.45, 7) is 10.1. The number of nitrogens with one attached hydrogen (secondary N) is 1. The fourth-order valence-electron chi connectivity index (χ4n) is 3.01. The lowest BCUT2D eigenvalue weighted by atomic mass is 9.99. The molecule has 142 valence electrons. The molecule has 0 aromatic heterocycles. The summed E-state index contributed by atoms with van der Waals surface area (Å²) in [7, 11) is 0. The molecule has 2 atom stereocenters. The van der Waals surface area contributed by atoms with Gasteiger partial charge in [0.25, 0.3) is 0 Å². The molecule has 2 rings (SSSR count). The van der Waals surface area contributed by atoms with Gasteiger partial charge in [0.05, 0.1) is 6.04 Å². The molecule has 2 unspecified atom stereocenters. The molecule has 1 amide bonds. The normalized spacial score (nSPS) is 17.5. The van der Waals surface area contributed by atoms with Crippen molar-refractivity contribution in [1.29, 1.82) is 0 Å². The van der Waals surface area contributed by atoms with Gasteiger partial charge in [0.15, 0.2) is 0 Å². The van der Waals surface area contributed by atoms with Gasteiger partial charge in [-0.25, -0.2) is 0 Å². The highest BCUT2D eigenvalue weighted by Gasteiger charge is 2.19. The minimum absolute atomic E-state index is 0. The van der Waals surface area contributed by atoms with Gasteiger partial charge in [-0.3, -0.25) is 9.69 Å². The predicted molar refractivity (Wildman–Crippen MR) is 107 cm³/mol. The van der Waals surface area contributed by atoms with E-state index in [1.165, 1.54) is 5.69 Å². The van der Waals surface area contributed by atoms with Crippen molar-refractivity contribution in [2.75, 3.05) is 44.2 Å². The maximum Gasteiger partial charge on any atom is 0.237 e. The van der Waals surface area contributed by atoms with Crippen LogP contribution in [0, 0.1) is 5.92 Å². The standard InChI is InChI=1S/C19H32N4O.ClH/c1-3-16(2)18(20)19(24)21-10-7-11-22-12-14-23(15-13-22)17-8-5-4-6-9-17;/h4-6,8-9,16,18H,3,7,10-15,20H2,1-2H3,(H,21,24);1H. The van der Waals surface area contributed by atoms with Crippen molar-refractivity contribution in [3.8, 4) is 0 Å². The van der Waals surface area contributed by atoms with Gasteiger partial charge in [-0.15, -0.1) is 12.4 Å². The Balaban J connectivity index is 0.00000312. The number of amides is 1. The molecule has 1 aromatic rings. The topological polar surface area (TPSA) is 61.6 Å². The van der Waals surface area contributed by atoms with Crippen LogP contribution in [0.4, 0.5) is 5.69 Å². The number of benzene rings is 1. The Kier molecular flexibility index (Phi) is 9.86. The van der Waals surface area contributed by atoms with E-state index >= 15 is 0 Å². The van der Waals surface area contributed by atoms with E-state index in [-0.39, 0.29) is 30.3 Å². The summed E-state index contributed by atoms with van der Waals surface area (Å²) in [5, 5.41) is 2.97. The first-order valence-corrected chi connectivity index (χ1v) is 9.17. The van der Waals surface area contributed by atoms with Crippen molar-refractivity contribution in [2.45, 2.75) is 32.7 Å². The Bertz CT molecular complexity index is 491. The molecule has 1 saturated heterocycles. The van der Waals surface area contributed by atoms with Gasteiger partial charge < -0.3 is 16.0 Å². The molecule has 0 saturated carbocycles. The van der Waals surface area contributed by atoms with Crippen LogP contribution in [0.3, 0.4) is 0 Å². The average Bonchev–Trinajstić information content (AvgIpc) is 2.65. The van der Waals surface area contributed by atoms with Crippen LogP contribution in [0.25, 0.3) is 0 Å². The first-order chi connectivity index (χ1) is 11.6. The summed E-state index contributed by atoms with van der Waals surface area (Å²) in [5.74, 6) is 0.217. The molecular weight excluding hydrogens is 336 g/mol. The van der Waals surface area contributed by atoms with Crippen molar-refractivity contribution in [3.05, 3.63) is 30.3 Å². The highest BCUT2D eigenvalue weighted by Crippen LogP contribution is 2.15. The number of rotatable bonds is 8. The number of anilines is 1. The molecule has 1 heterocycles. The van der Waals surface area contributed by atoms with Crippen molar-refractivity contribution in [3.63, 3.8) is 0 Å². The number of carbonyl (C=O) groups excluding carboxylic acids is 1. The molecule has 1 aromatic carbocycles. The van der Waals surface area contributed by atoms with Gasteiger partial charge in [0, 0.05) is 38.4 Å². The number of piperazine rings is 1.